The molecule has 0 aliphatic carbocycles. The number of thioether (sulfide) groups is 1. The van der Waals surface area contributed by atoms with E-state index in [1.165, 1.54) is 5.56 Å². The number of hydrazone groups is 1. The highest BCUT2D eigenvalue weighted by atomic mass is 35.5. The molecule has 2 rings (SSSR count). The Hall–Kier alpha value is -1.50. The molecule has 0 amide bonds. The van der Waals surface area contributed by atoms with Crippen LogP contribution >= 0.6 is 23.4 Å². The fourth-order valence-corrected chi connectivity index (χ4v) is 3.03. The number of benzene rings is 2. The van der Waals surface area contributed by atoms with Crippen LogP contribution in [0.2, 0.25) is 5.02 Å². The molecule has 0 aromatic heterocycles. The van der Waals surface area contributed by atoms with Gasteiger partial charge < -0.3 is 0 Å². The molecule has 0 aliphatic heterocycles. The zero-order valence-corrected chi connectivity index (χ0v) is 15.9. The van der Waals surface area contributed by atoms with Crippen LogP contribution < -0.4 is 4.83 Å². The van der Waals surface area contributed by atoms with Crippen LogP contribution in [-0.2, 0) is 15.8 Å². The van der Waals surface area contributed by atoms with Crippen LogP contribution in [0.15, 0.2) is 53.6 Å². The highest BCUT2D eigenvalue weighted by molar-refractivity contribution is 7.98. The van der Waals surface area contributed by atoms with Crippen LogP contribution in [0.5, 0.6) is 0 Å². The molecule has 0 spiro atoms. The molecule has 4 nitrogen and oxygen atoms in total. The molecular formula is C17H19ClN2O2S2. The lowest BCUT2D eigenvalue weighted by molar-refractivity contribution is 0.590. The van der Waals surface area contributed by atoms with Gasteiger partial charge in [-0.2, -0.15) is 16.9 Å². The number of sulfonamides is 1. The summed E-state index contributed by atoms with van der Waals surface area (Å²) in [5.74, 6) is 2.02. The van der Waals surface area contributed by atoms with Crippen LogP contribution in [0.1, 0.15) is 23.6 Å². The predicted octanol–water partition coefficient (Wildman–Crippen LogP) is 3.89. The molecule has 0 atom stereocenters. The van der Waals surface area contributed by atoms with Crippen LogP contribution in [0.25, 0.3) is 0 Å². The van der Waals surface area contributed by atoms with Gasteiger partial charge in [-0.15, -0.1) is 0 Å². The van der Waals surface area contributed by atoms with E-state index in [0.717, 1.165) is 28.9 Å². The Balaban J connectivity index is 2.36. The summed E-state index contributed by atoms with van der Waals surface area (Å²) in [6.07, 6.45) is 1.07. The number of nitrogens with one attached hydrogen (secondary N) is 1. The molecule has 0 unspecified atom stereocenters. The quantitative estimate of drug-likeness (QED) is 0.583. The standard InChI is InChI=1S/C17H19ClN2O2S2/c1-3-23-12-13-4-6-14(7-5-13)17(19-20-24(2,21)22)15-8-10-16(18)11-9-15/h4-11,20H,3,12H2,1-2H3. The third-order valence-electron chi connectivity index (χ3n) is 3.14. The van der Waals surface area contributed by atoms with E-state index in [2.05, 4.69) is 16.9 Å². The Morgan fingerprint density at radius 1 is 1.08 bits per heavy atom. The van der Waals surface area contributed by atoms with Gasteiger partial charge in [0.1, 0.15) is 0 Å². The third-order valence-corrected chi connectivity index (χ3v) is 4.76. The number of hydrogen-bond donors (Lipinski definition) is 1. The van der Waals surface area contributed by atoms with Gasteiger partial charge in [0.25, 0.3) is 0 Å². The van der Waals surface area contributed by atoms with E-state index in [-0.39, 0.29) is 0 Å². The topological polar surface area (TPSA) is 58.5 Å². The second-order valence-corrected chi connectivity index (χ2v) is 8.60. The summed E-state index contributed by atoms with van der Waals surface area (Å²) < 4.78 is 22.8. The van der Waals surface area contributed by atoms with E-state index in [0.29, 0.717) is 10.7 Å². The summed E-state index contributed by atoms with van der Waals surface area (Å²) in [5.41, 5.74) is 3.38. The lowest BCUT2D eigenvalue weighted by Crippen LogP contribution is -2.19. The summed E-state index contributed by atoms with van der Waals surface area (Å²) >= 11 is 7.78. The zero-order valence-electron chi connectivity index (χ0n) is 13.5. The number of rotatable bonds is 7. The van der Waals surface area contributed by atoms with Gasteiger partial charge in [-0.3, -0.25) is 0 Å². The van der Waals surface area contributed by atoms with Gasteiger partial charge >= 0.3 is 0 Å². The van der Waals surface area contributed by atoms with Gasteiger partial charge in [-0.1, -0.05) is 54.9 Å². The SMILES string of the molecule is CCSCc1ccc(C(=NNS(C)(=O)=O)c2ccc(Cl)cc2)cc1. The lowest BCUT2D eigenvalue weighted by Gasteiger charge is -2.09. The summed E-state index contributed by atoms with van der Waals surface area (Å²) in [4.78, 5) is 2.21. The van der Waals surface area contributed by atoms with E-state index >= 15 is 0 Å². The average molecular weight is 383 g/mol. The van der Waals surface area contributed by atoms with E-state index < -0.39 is 10.0 Å². The smallest absolute Gasteiger partial charge is 0.206 e. The summed E-state index contributed by atoms with van der Waals surface area (Å²) in [6.45, 7) is 2.13. The molecule has 0 bridgehead atoms. The van der Waals surface area contributed by atoms with Gasteiger partial charge in [0, 0.05) is 21.9 Å². The lowest BCUT2D eigenvalue weighted by atomic mass is 10.0. The maximum absolute atomic E-state index is 11.4. The fourth-order valence-electron chi connectivity index (χ4n) is 2.01. The molecule has 0 aliphatic rings. The Bertz CT molecular complexity index is 801. The van der Waals surface area contributed by atoms with Crippen LogP contribution in [0, 0.1) is 0 Å². The van der Waals surface area contributed by atoms with Crippen molar-refractivity contribution in [1.29, 1.82) is 0 Å². The molecule has 0 radical (unpaired) electrons. The van der Waals surface area contributed by atoms with Gasteiger partial charge in [-0.25, -0.2) is 13.2 Å². The molecule has 0 saturated carbocycles. The van der Waals surface area contributed by atoms with Crippen LogP contribution in [-0.4, -0.2) is 26.1 Å². The van der Waals surface area contributed by atoms with Crippen molar-refractivity contribution < 1.29 is 8.42 Å². The minimum Gasteiger partial charge on any atom is -0.206 e. The first-order chi connectivity index (χ1) is 11.4. The molecule has 24 heavy (non-hydrogen) atoms. The summed E-state index contributed by atoms with van der Waals surface area (Å²) in [5, 5.41) is 4.70. The second kappa shape index (κ2) is 8.55. The van der Waals surface area contributed by atoms with Crippen LogP contribution in [0.4, 0.5) is 0 Å². The monoisotopic (exact) mass is 382 g/mol. The minimum atomic E-state index is -3.43. The maximum atomic E-state index is 11.4. The summed E-state index contributed by atoms with van der Waals surface area (Å²) in [6, 6.07) is 15.1. The molecule has 0 heterocycles. The fraction of sp³-hybridized carbons (Fsp3) is 0.235. The zero-order chi connectivity index (χ0) is 17.6. The van der Waals surface area contributed by atoms with E-state index in [1.54, 1.807) is 12.1 Å². The molecule has 128 valence electrons. The molecule has 0 saturated heterocycles. The Morgan fingerprint density at radius 3 is 2.12 bits per heavy atom. The minimum absolute atomic E-state index is 0.548. The van der Waals surface area contributed by atoms with Gasteiger partial charge in [0.15, 0.2) is 0 Å². The highest BCUT2D eigenvalue weighted by Gasteiger charge is 2.09. The van der Waals surface area contributed by atoms with E-state index in [4.69, 9.17) is 11.6 Å². The Morgan fingerprint density at radius 2 is 1.62 bits per heavy atom. The van der Waals surface area contributed by atoms with Crippen molar-refractivity contribution in [2.75, 3.05) is 12.0 Å². The van der Waals surface area contributed by atoms with Crippen molar-refractivity contribution in [2.24, 2.45) is 5.10 Å². The number of nitrogens with zero attached hydrogens (tertiary/aromatic N) is 1. The Labute approximate surface area is 152 Å². The molecule has 2 aromatic rings. The third kappa shape index (κ3) is 5.85. The van der Waals surface area contributed by atoms with Crippen molar-refractivity contribution in [3.8, 4) is 0 Å². The normalized spacial score (nSPS) is 12.2. The van der Waals surface area contributed by atoms with Crippen LogP contribution in [0.3, 0.4) is 0 Å². The molecule has 7 heteroatoms. The molecule has 0 fully saturated rings. The van der Waals surface area contributed by atoms with Crippen molar-refractivity contribution >= 4 is 39.1 Å². The average Bonchev–Trinajstić information content (AvgIpc) is 2.55. The first-order valence-corrected chi connectivity index (χ1v) is 10.8. The Kier molecular flexibility index (Phi) is 6.71. The molecular weight excluding hydrogens is 364 g/mol. The van der Waals surface area contributed by atoms with Crippen molar-refractivity contribution in [2.45, 2.75) is 12.7 Å². The predicted molar refractivity (Wildman–Crippen MR) is 103 cm³/mol. The van der Waals surface area contributed by atoms with Gasteiger partial charge in [0.05, 0.1) is 12.0 Å². The van der Waals surface area contributed by atoms with Gasteiger partial charge in [0.2, 0.25) is 10.0 Å². The molecule has 1 N–H and O–H groups in total. The summed E-state index contributed by atoms with van der Waals surface area (Å²) in [7, 11) is -3.43. The van der Waals surface area contributed by atoms with Crippen molar-refractivity contribution in [3.05, 3.63) is 70.2 Å². The van der Waals surface area contributed by atoms with Gasteiger partial charge in [-0.05, 0) is 23.4 Å². The first kappa shape index (κ1) is 18.8. The second-order valence-electron chi connectivity index (χ2n) is 5.16. The largest absolute Gasteiger partial charge is 0.244 e. The molecule has 2 aromatic carbocycles. The first-order valence-electron chi connectivity index (χ1n) is 7.36. The van der Waals surface area contributed by atoms with E-state index in [1.807, 2.05) is 48.2 Å². The van der Waals surface area contributed by atoms with Crippen molar-refractivity contribution in [3.63, 3.8) is 0 Å². The maximum Gasteiger partial charge on any atom is 0.244 e. The van der Waals surface area contributed by atoms with Crippen molar-refractivity contribution in [1.82, 2.24) is 4.83 Å². The number of hydrogen-bond acceptors (Lipinski definition) is 4. The number of halogens is 1. The highest BCUT2D eigenvalue weighted by Crippen LogP contribution is 2.17. The van der Waals surface area contributed by atoms with E-state index in [9.17, 15) is 8.42 Å².